The van der Waals surface area contributed by atoms with Crippen molar-refractivity contribution in [2.45, 2.75) is 12.8 Å². The van der Waals surface area contributed by atoms with E-state index in [1.54, 1.807) is 0 Å². The number of amidine groups is 1. The van der Waals surface area contributed by atoms with Gasteiger partial charge >= 0.3 is 0 Å². The van der Waals surface area contributed by atoms with Crippen molar-refractivity contribution in [3.63, 3.8) is 0 Å². The molecule has 2 N–H and O–H groups in total. The molecule has 0 aliphatic carbocycles. The van der Waals surface area contributed by atoms with Gasteiger partial charge in [-0.25, -0.2) is 0 Å². The van der Waals surface area contributed by atoms with E-state index < -0.39 is 0 Å². The predicted molar refractivity (Wildman–Crippen MR) is 53.1 cm³/mol. The first-order valence-electron chi connectivity index (χ1n) is 4.16. The van der Waals surface area contributed by atoms with Crippen LogP contribution in [0.2, 0.25) is 0 Å². The van der Waals surface area contributed by atoms with E-state index >= 15 is 0 Å². The monoisotopic (exact) mass is 176 g/mol. The lowest BCUT2D eigenvalue weighted by Crippen LogP contribution is -2.09. The number of benzene rings is 1. The number of hydrogen-bond donors (Lipinski definition) is 2. The van der Waals surface area contributed by atoms with Crippen LogP contribution in [0.5, 0.6) is 0 Å². The fourth-order valence-corrected chi connectivity index (χ4v) is 0.961. The van der Waals surface area contributed by atoms with Crippen LogP contribution < -0.4 is 5.32 Å². The van der Waals surface area contributed by atoms with Crippen LogP contribution in [0.15, 0.2) is 30.3 Å². The molecule has 0 saturated carbocycles. The maximum Gasteiger partial charge on any atom is 0.120 e. The Hall–Kier alpha value is -1.64. The summed E-state index contributed by atoms with van der Waals surface area (Å²) in [4.78, 5) is 10.0. The minimum atomic E-state index is 0.373. The largest absolute Gasteiger partial charge is 0.344 e. The second-order valence-corrected chi connectivity index (χ2v) is 2.67. The van der Waals surface area contributed by atoms with Gasteiger partial charge in [0.1, 0.15) is 6.29 Å². The third kappa shape index (κ3) is 3.51. The smallest absolute Gasteiger partial charge is 0.120 e. The molecular weight excluding hydrogens is 164 g/mol. The molecule has 13 heavy (non-hydrogen) atoms. The zero-order chi connectivity index (χ0) is 9.52. The summed E-state index contributed by atoms with van der Waals surface area (Å²) >= 11 is 0. The number of hydrogen-bond acceptors (Lipinski definition) is 2. The van der Waals surface area contributed by atoms with Gasteiger partial charge in [0.2, 0.25) is 0 Å². The summed E-state index contributed by atoms with van der Waals surface area (Å²) in [5, 5.41) is 10.4. The van der Waals surface area contributed by atoms with Crippen molar-refractivity contribution >= 4 is 17.8 Å². The van der Waals surface area contributed by atoms with Crippen LogP contribution in [-0.2, 0) is 4.79 Å². The Labute approximate surface area is 77.3 Å². The standard InChI is InChI=1S/C10H12N2O/c11-10(7-4-8-13)12-9-5-2-1-3-6-9/h1-3,5-6,8H,4,7H2,(H2,11,12). The minimum absolute atomic E-state index is 0.373. The normalized spacial score (nSPS) is 9.23. The van der Waals surface area contributed by atoms with Crippen LogP contribution in [0.3, 0.4) is 0 Å². The van der Waals surface area contributed by atoms with Gasteiger partial charge in [-0.05, 0) is 12.1 Å². The lowest BCUT2D eigenvalue weighted by atomic mass is 10.3. The minimum Gasteiger partial charge on any atom is -0.344 e. The van der Waals surface area contributed by atoms with Crippen LogP contribution in [0, 0.1) is 5.41 Å². The van der Waals surface area contributed by atoms with Gasteiger partial charge in [-0.2, -0.15) is 0 Å². The Morgan fingerprint density at radius 1 is 1.38 bits per heavy atom. The molecule has 3 heteroatoms. The molecule has 0 spiro atoms. The maximum atomic E-state index is 10.0. The third-order valence-corrected chi connectivity index (χ3v) is 1.58. The summed E-state index contributed by atoms with van der Waals surface area (Å²) in [6, 6.07) is 9.48. The first-order valence-corrected chi connectivity index (χ1v) is 4.16. The van der Waals surface area contributed by atoms with Gasteiger partial charge < -0.3 is 10.1 Å². The van der Waals surface area contributed by atoms with Gasteiger partial charge in [0.15, 0.2) is 0 Å². The van der Waals surface area contributed by atoms with Crippen molar-refractivity contribution in [2.24, 2.45) is 0 Å². The number of para-hydroxylation sites is 1. The van der Waals surface area contributed by atoms with Gasteiger partial charge in [-0.15, -0.1) is 0 Å². The van der Waals surface area contributed by atoms with Gasteiger partial charge in [-0.1, -0.05) is 18.2 Å². The van der Waals surface area contributed by atoms with E-state index in [9.17, 15) is 4.79 Å². The number of rotatable bonds is 4. The summed E-state index contributed by atoms with van der Waals surface area (Å²) in [7, 11) is 0. The van der Waals surface area contributed by atoms with Crippen LogP contribution in [0.4, 0.5) is 5.69 Å². The average Bonchev–Trinajstić information content (AvgIpc) is 2.16. The molecule has 1 aromatic rings. The Morgan fingerprint density at radius 3 is 2.69 bits per heavy atom. The molecule has 0 bridgehead atoms. The van der Waals surface area contributed by atoms with Crippen molar-refractivity contribution < 1.29 is 4.79 Å². The van der Waals surface area contributed by atoms with Crippen molar-refractivity contribution in [3.8, 4) is 0 Å². The van der Waals surface area contributed by atoms with E-state index in [0.29, 0.717) is 18.7 Å². The molecule has 0 heterocycles. The number of aldehydes is 1. The molecule has 0 aromatic heterocycles. The highest BCUT2D eigenvalue weighted by Gasteiger charge is 1.95. The zero-order valence-electron chi connectivity index (χ0n) is 7.29. The van der Waals surface area contributed by atoms with E-state index in [-0.39, 0.29) is 0 Å². The second kappa shape index (κ2) is 5.09. The predicted octanol–water partition coefficient (Wildman–Crippen LogP) is 2.05. The Morgan fingerprint density at radius 2 is 2.08 bits per heavy atom. The highest BCUT2D eigenvalue weighted by Crippen LogP contribution is 2.05. The van der Waals surface area contributed by atoms with E-state index in [1.165, 1.54) is 0 Å². The van der Waals surface area contributed by atoms with Gasteiger partial charge in [-0.3, -0.25) is 5.41 Å². The molecule has 0 saturated heterocycles. The molecule has 68 valence electrons. The number of anilines is 1. The quantitative estimate of drug-likeness (QED) is 0.419. The SMILES string of the molecule is N=C(CCC=O)Nc1ccccc1. The van der Waals surface area contributed by atoms with Gasteiger partial charge in [0, 0.05) is 18.5 Å². The van der Waals surface area contributed by atoms with E-state index in [4.69, 9.17) is 5.41 Å². The molecular formula is C10H12N2O. The summed E-state index contributed by atoms with van der Waals surface area (Å²) in [5.74, 6) is 0.373. The second-order valence-electron chi connectivity index (χ2n) is 2.67. The third-order valence-electron chi connectivity index (χ3n) is 1.58. The Kier molecular flexibility index (Phi) is 3.70. The number of nitrogens with one attached hydrogen (secondary N) is 2. The van der Waals surface area contributed by atoms with Crippen LogP contribution in [-0.4, -0.2) is 12.1 Å². The summed E-state index contributed by atoms with van der Waals surface area (Å²) in [6.07, 6.45) is 1.69. The van der Waals surface area contributed by atoms with Gasteiger partial charge in [0.05, 0.1) is 5.84 Å². The highest BCUT2D eigenvalue weighted by atomic mass is 16.1. The molecule has 0 radical (unpaired) electrons. The van der Waals surface area contributed by atoms with E-state index in [1.807, 2.05) is 30.3 Å². The fourth-order valence-electron chi connectivity index (χ4n) is 0.961. The molecule has 3 nitrogen and oxygen atoms in total. The maximum absolute atomic E-state index is 10.0. The molecule has 0 amide bonds. The van der Waals surface area contributed by atoms with Crippen molar-refractivity contribution in [1.29, 1.82) is 5.41 Å². The Bertz CT molecular complexity index is 282. The molecule has 0 atom stereocenters. The summed E-state index contributed by atoms with van der Waals surface area (Å²) in [6.45, 7) is 0. The van der Waals surface area contributed by atoms with E-state index in [2.05, 4.69) is 5.32 Å². The van der Waals surface area contributed by atoms with Crippen LogP contribution in [0.1, 0.15) is 12.8 Å². The van der Waals surface area contributed by atoms with Crippen molar-refractivity contribution in [2.75, 3.05) is 5.32 Å². The highest BCUT2D eigenvalue weighted by molar-refractivity contribution is 5.93. The topological polar surface area (TPSA) is 53.0 Å². The number of carbonyl (C=O) groups is 1. The molecule has 0 aliphatic heterocycles. The lowest BCUT2D eigenvalue weighted by Gasteiger charge is -2.05. The van der Waals surface area contributed by atoms with Crippen LogP contribution >= 0.6 is 0 Å². The zero-order valence-corrected chi connectivity index (χ0v) is 7.29. The molecule has 0 unspecified atom stereocenters. The van der Waals surface area contributed by atoms with Crippen LogP contribution in [0.25, 0.3) is 0 Å². The molecule has 0 aliphatic rings. The van der Waals surface area contributed by atoms with Gasteiger partial charge in [0.25, 0.3) is 0 Å². The number of carbonyl (C=O) groups excluding carboxylic acids is 1. The van der Waals surface area contributed by atoms with Crippen molar-refractivity contribution in [3.05, 3.63) is 30.3 Å². The first kappa shape index (κ1) is 9.45. The average molecular weight is 176 g/mol. The summed E-state index contributed by atoms with van der Waals surface area (Å²) in [5.41, 5.74) is 0.887. The summed E-state index contributed by atoms with van der Waals surface area (Å²) < 4.78 is 0. The fraction of sp³-hybridized carbons (Fsp3) is 0.200. The molecule has 0 fully saturated rings. The van der Waals surface area contributed by atoms with E-state index in [0.717, 1.165) is 12.0 Å². The first-order chi connectivity index (χ1) is 6.33. The molecule has 1 rings (SSSR count). The lowest BCUT2D eigenvalue weighted by molar-refractivity contribution is -0.107. The Balaban J connectivity index is 2.41. The van der Waals surface area contributed by atoms with Crippen molar-refractivity contribution in [1.82, 2.24) is 0 Å². The molecule has 1 aromatic carbocycles.